The van der Waals surface area contributed by atoms with Crippen LogP contribution in [-0.2, 0) is 11.2 Å². The molecule has 16 heavy (non-hydrogen) atoms. The van der Waals surface area contributed by atoms with Crippen LogP contribution >= 0.6 is 11.8 Å². The van der Waals surface area contributed by atoms with Crippen LogP contribution in [0.5, 0.6) is 0 Å². The van der Waals surface area contributed by atoms with Crippen LogP contribution in [0, 0.1) is 0 Å². The van der Waals surface area contributed by atoms with Crippen molar-refractivity contribution in [3.05, 3.63) is 29.8 Å². The topological polar surface area (TPSA) is 58.2 Å². The van der Waals surface area contributed by atoms with Crippen molar-refractivity contribution in [2.24, 2.45) is 0 Å². The van der Waals surface area contributed by atoms with Gasteiger partial charge in [0.2, 0.25) is 5.91 Å². The van der Waals surface area contributed by atoms with E-state index in [1.54, 1.807) is 0 Å². The highest BCUT2D eigenvalue weighted by Crippen LogP contribution is 2.23. The summed E-state index contributed by atoms with van der Waals surface area (Å²) in [7, 11) is 1.86. The third-order valence-electron chi connectivity index (χ3n) is 2.43. The molecule has 4 nitrogen and oxygen atoms in total. The number of amides is 2. The standard InChI is InChI=1S/C11H12N2O2S/c1-12-8-4-2-7(3-5-8)6-9-10(14)13-11(15)16-9/h2-5,9,12H,6H2,1H3,(H,13,14,15). The van der Waals surface area contributed by atoms with E-state index < -0.39 is 0 Å². The van der Waals surface area contributed by atoms with Gasteiger partial charge in [0.1, 0.15) is 0 Å². The molecule has 1 aliphatic heterocycles. The average Bonchev–Trinajstić information content (AvgIpc) is 2.59. The predicted molar refractivity (Wildman–Crippen MR) is 64.6 cm³/mol. The summed E-state index contributed by atoms with van der Waals surface area (Å²) in [5.41, 5.74) is 2.09. The van der Waals surface area contributed by atoms with Gasteiger partial charge in [0.15, 0.2) is 0 Å². The van der Waals surface area contributed by atoms with Gasteiger partial charge in [-0.2, -0.15) is 0 Å². The zero-order valence-electron chi connectivity index (χ0n) is 8.82. The number of nitrogens with one attached hydrogen (secondary N) is 2. The number of carbonyl (C=O) groups excluding carboxylic acids is 2. The van der Waals surface area contributed by atoms with Gasteiger partial charge in [-0.25, -0.2) is 0 Å². The Morgan fingerprint density at radius 2 is 2.00 bits per heavy atom. The minimum absolute atomic E-state index is 0.187. The lowest BCUT2D eigenvalue weighted by atomic mass is 10.1. The first kappa shape index (κ1) is 11.0. The molecule has 1 aromatic carbocycles. The third-order valence-corrected chi connectivity index (χ3v) is 3.41. The quantitative estimate of drug-likeness (QED) is 0.837. The number of hydrogen-bond donors (Lipinski definition) is 2. The van der Waals surface area contributed by atoms with Crippen molar-refractivity contribution < 1.29 is 9.59 Å². The van der Waals surface area contributed by atoms with Crippen LogP contribution in [-0.4, -0.2) is 23.4 Å². The second kappa shape index (κ2) is 4.57. The van der Waals surface area contributed by atoms with E-state index in [1.165, 1.54) is 0 Å². The van der Waals surface area contributed by atoms with Crippen LogP contribution in [0.2, 0.25) is 0 Å². The molecule has 0 spiro atoms. The summed E-state index contributed by atoms with van der Waals surface area (Å²) < 4.78 is 0. The maximum absolute atomic E-state index is 11.3. The summed E-state index contributed by atoms with van der Waals surface area (Å²) in [5.74, 6) is -0.187. The fourth-order valence-corrected chi connectivity index (χ4v) is 2.41. The number of anilines is 1. The van der Waals surface area contributed by atoms with Gasteiger partial charge in [0.25, 0.3) is 5.24 Å². The highest BCUT2D eigenvalue weighted by atomic mass is 32.2. The smallest absolute Gasteiger partial charge is 0.286 e. The summed E-state index contributed by atoms with van der Waals surface area (Å²) in [6.07, 6.45) is 0.590. The van der Waals surface area contributed by atoms with Gasteiger partial charge in [-0.1, -0.05) is 23.9 Å². The van der Waals surface area contributed by atoms with Crippen molar-refractivity contribution in [2.45, 2.75) is 11.7 Å². The lowest BCUT2D eigenvalue weighted by Gasteiger charge is -2.06. The average molecular weight is 236 g/mol. The Hall–Kier alpha value is -1.49. The van der Waals surface area contributed by atoms with Crippen molar-refractivity contribution in [2.75, 3.05) is 12.4 Å². The van der Waals surface area contributed by atoms with Crippen LogP contribution in [0.25, 0.3) is 0 Å². The van der Waals surface area contributed by atoms with Crippen molar-refractivity contribution in [3.8, 4) is 0 Å². The first-order chi connectivity index (χ1) is 7.69. The van der Waals surface area contributed by atoms with E-state index in [2.05, 4.69) is 10.6 Å². The lowest BCUT2D eigenvalue weighted by Crippen LogP contribution is -2.25. The highest BCUT2D eigenvalue weighted by molar-refractivity contribution is 8.15. The van der Waals surface area contributed by atoms with Gasteiger partial charge in [-0.15, -0.1) is 0 Å². The fourth-order valence-electron chi connectivity index (χ4n) is 1.55. The molecule has 0 radical (unpaired) electrons. The van der Waals surface area contributed by atoms with E-state index >= 15 is 0 Å². The largest absolute Gasteiger partial charge is 0.388 e. The molecule has 0 aliphatic carbocycles. The van der Waals surface area contributed by atoms with E-state index in [9.17, 15) is 9.59 Å². The predicted octanol–water partition coefficient (Wildman–Crippen LogP) is 1.62. The molecule has 2 amide bonds. The molecule has 84 valence electrons. The highest BCUT2D eigenvalue weighted by Gasteiger charge is 2.31. The molecule has 0 saturated carbocycles. The van der Waals surface area contributed by atoms with E-state index in [4.69, 9.17) is 0 Å². The molecule has 1 heterocycles. The van der Waals surface area contributed by atoms with Gasteiger partial charge in [-0.05, 0) is 24.1 Å². The molecule has 2 rings (SSSR count). The maximum Gasteiger partial charge on any atom is 0.286 e. The zero-order valence-corrected chi connectivity index (χ0v) is 9.64. The molecule has 2 N–H and O–H groups in total. The van der Waals surface area contributed by atoms with Gasteiger partial charge in [-0.3, -0.25) is 14.9 Å². The second-order valence-electron chi connectivity index (χ2n) is 3.53. The summed E-state index contributed by atoms with van der Waals surface area (Å²) in [4.78, 5) is 22.3. The Balaban J connectivity index is 2.03. The normalized spacial score (nSPS) is 19.7. The third kappa shape index (κ3) is 2.36. The molecule has 0 bridgehead atoms. The number of hydrogen-bond acceptors (Lipinski definition) is 4. The summed E-state index contributed by atoms with van der Waals surface area (Å²) >= 11 is 1.06. The van der Waals surface area contributed by atoms with Crippen molar-refractivity contribution in [3.63, 3.8) is 0 Å². The SMILES string of the molecule is CNc1ccc(CC2SC(=O)NC2=O)cc1. The maximum atomic E-state index is 11.3. The van der Waals surface area contributed by atoms with Crippen LogP contribution < -0.4 is 10.6 Å². The minimum atomic E-state index is -0.284. The number of benzene rings is 1. The zero-order chi connectivity index (χ0) is 11.5. The molecule has 5 heteroatoms. The molecule has 1 atom stereocenters. The monoisotopic (exact) mass is 236 g/mol. The van der Waals surface area contributed by atoms with Gasteiger partial charge < -0.3 is 5.32 Å². The Labute approximate surface area is 97.8 Å². The molecule has 1 fully saturated rings. The number of carbonyl (C=O) groups is 2. The van der Waals surface area contributed by atoms with E-state index in [0.717, 1.165) is 23.0 Å². The number of imide groups is 1. The van der Waals surface area contributed by atoms with Crippen molar-refractivity contribution in [1.29, 1.82) is 0 Å². The molecule has 1 aliphatic rings. The minimum Gasteiger partial charge on any atom is -0.388 e. The second-order valence-corrected chi connectivity index (χ2v) is 4.71. The van der Waals surface area contributed by atoms with Crippen LogP contribution in [0.3, 0.4) is 0 Å². The van der Waals surface area contributed by atoms with Crippen LogP contribution in [0.1, 0.15) is 5.56 Å². The summed E-state index contributed by atoms with van der Waals surface area (Å²) in [5, 5.41) is 4.77. The Morgan fingerprint density at radius 3 is 2.50 bits per heavy atom. The Bertz CT molecular complexity index is 416. The van der Waals surface area contributed by atoms with Crippen LogP contribution in [0.15, 0.2) is 24.3 Å². The molecule has 0 aromatic heterocycles. The van der Waals surface area contributed by atoms with Gasteiger partial charge in [0.05, 0.1) is 5.25 Å². The molecule has 1 saturated heterocycles. The Morgan fingerprint density at radius 1 is 1.31 bits per heavy atom. The molecular formula is C11H12N2O2S. The number of thioether (sulfide) groups is 1. The Kier molecular flexibility index (Phi) is 3.14. The number of rotatable bonds is 3. The van der Waals surface area contributed by atoms with E-state index in [0.29, 0.717) is 6.42 Å². The van der Waals surface area contributed by atoms with E-state index in [1.807, 2.05) is 31.3 Å². The van der Waals surface area contributed by atoms with Gasteiger partial charge >= 0.3 is 0 Å². The van der Waals surface area contributed by atoms with E-state index in [-0.39, 0.29) is 16.4 Å². The van der Waals surface area contributed by atoms with Crippen LogP contribution in [0.4, 0.5) is 10.5 Å². The first-order valence-corrected chi connectivity index (χ1v) is 5.85. The molecule has 1 unspecified atom stereocenters. The lowest BCUT2D eigenvalue weighted by molar-refractivity contribution is -0.118. The summed E-state index contributed by atoms with van der Waals surface area (Å²) in [6, 6.07) is 7.83. The molecule has 1 aromatic rings. The van der Waals surface area contributed by atoms with Crippen molar-refractivity contribution in [1.82, 2.24) is 5.32 Å². The summed E-state index contributed by atoms with van der Waals surface area (Å²) in [6.45, 7) is 0. The first-order valence-electron chi connectivity index (χ1n) is 4.97. The molecular weight excluding hydrogens is 224 g/mol. The fraction of sp³-hybridized carbons (Fsp3) is 0.273. The van der Waals surface area contributed by atoms with Gasteiger partial charge in [0, 0.05) is 12.7 Å². The van der Waals surface area contributed by atoms with Crippen molar-refractivity contribution >= 4 is 28.6 Å².